The molecule has 0 aromatic carbocycles. The van der Waals surface area contributed by atoms with Crippen molar-refractivity contribution in [1.29, 1.82) is 0 Å². The van der Waals surface area contributed by atoms with Crippen molar-refractivity contribution in [3.05, 3.63) is 28.5 Å². The number of hydrogen-bond donors (Lipinski definition) is 2. The predicted octanol–water partition coefficient (Wildman–Crippen LogP) is 2.21. The van der Waals surface area contributed by atoms with Crippen LogP contribution in [0.1, 0.15) is 19.4 Å². The van der Waals surface area contributed by atoms with Crippen LogP contribution in [-0.4, -0.2) is 15.7 Å². The summed E-state index contributed by atoms with van der Waals surface area (Å²) in [6.45, 7) is 3.41. The molecule has 1 heterocycles. The maximum Gasteiger partial charge on any atom is 0.0774 e. The molecular formula is C10H13BrN2O. The smallest absolute Gasteiger partial charge is 0.0774 e. The van der Waals surface area contributed by atoms with Crippen LogP contribution in [0.15, 0.2) is 22.9 Å². The summed E-state index contributed by atoms with van der Waals surface area (Å²) in [5.74, 6) is 0. The SMILES string of the molecule is CC(C)(O)/C=C/c1c(N)cncc1Br. The van der Waals surface area contributed by atoms with Gasteiger partial charge in [0.25, 0.3) is 0 Å². The lowest BCUT2D eigenvalue weighted by Crippen LogP contribution is -2.13. The first kappa shape index (κ1) is 11.2. The molecule has 4 heteroatoms. The van der Waals surface area contributed by atoms with E-state index in [1.54, 1.807) is 38.4 Å². The van der Waals surface area contributed by atoms with E-state index in [-0.39, 0.29) is 0 Å². The summed E-state index contributed by atoms with van der Waals surface area (Å²) in [4.78, 5) is 3.92. The summed E-state index contributed by atoms with van der Waals surface area (Å²) in [5.41, 5.74) is 6.31. The van der Waals surface area contributed by atoms with Gasteiger partial charge in [0.15, 0.2) is 0 Å². The number of halogens is 1. The van der Waals surface area contributed by atoms with Gasteiger partial charge in [0, 0.05) is 16.2 Å². The van der Waals surface area contributed by atoms with Crippen molar-refractivity contribution in [3.8, 4) is 0 Å². The molecule has 1 aromatic rings. The zero-order chi connectivity index (χ0) is 10.8. The van der Waals surface area contributed by atoms with Crippen LogP contribution in [0.3, 0.4) is 0 Å². The molecule has 76 valence electrons. The van der Waals surface area contributed by atoms with Gasteiger partial charge < -0.3 is 10.8 Å². The number of nitrogens with two attached hydrogens (primary N) is 1. The third kappa shape index (κ3) is 3.12. The lowest BCUT2D eigenvalue weighted by molar-refractivity contribution is 0.134. The highest BCUT2D eigenvalue weighted by molar-refractivity contribution is 9.10. The minimum absolute atomic E-state index is 0.583. The Balaban J connectivity index is 3.03. The van der Waals surface area contributed by atoms with Crippen LogP contribution >= 0.6 is 15.9 Å². The van der Waals surface area contributed by atoms with Gasteiger partial charge >= 0.3 is 0 Å². The van der Waals surface area contributed by atoms with Crippen molar-refractivity contribution < 1.29 is 5.11 Å². The molecule has 0 fully saturated rings. The lowest BCUT2D eigenvalue weighted by Gasteiger charge is -2.11. The fourth-order valence-electron chi connectivity index (χ4n) is 0.923. The second kappa shape index (κ2) is 4.11. The van der Waals surface area contributed by atoms with E-state index >= 15 is 0 Å². The van der Waals surface area contributed by atoms with Crippen LogP contribution in [0, 0.1) is 0 Å². The summed E-state index contributed by atoms with van der Waals surface area (Å²) >= 11 is 3.34. The highest BCUT2D eigenvalue weighted by Gasteiger charge is 2.07. The molecule has 0 unspecified atom stereocenters. The third-order valence-corrected chi connectivity index (χ3v) is 2.26. The Labute approximate surface area is 91.8 Å². The minimum atomic E-state index is -0.838. The largest absolute Gasteiger partial charge is 0.397 e. The van der Waals surface area contributed by atoms with Gasteiger partial charge in [-0.05, 0) is 29.8 Å². The van der Waals surface area contributed by atoms with Crippen LogP contribution in [0.5, 0.6) is 0 Å². The summed E-state index contributed by atoms with van der Waals surface area (Å²) in [6, 6.07) is 0. The number of pyridine rings is 1. The van der Waals surface area contributed by atoms with Crippen LogP contribution < -0.4 is 5.73 Å². The Bertz CT molecular complexity index is 335. The number of nitrogens with zero attached hydrogens (tertiary/aromatic N) is 1. The number of aliphatic hydroxyl groups is 1. The Hall–Kier alpha value is -0.870. The maximum atomic E-state index is 9.50. The van der Waals surface area contributed by atoms with Gasteiger partial charge in [0.05, 0.1) is 17.5 Å². The van der Waals surface area contributed by atoms with Gasteiger partial charge in [-0.25, -0.2) is 0 Å². The predicted molar refractivity (Wildman–Crippen MR) is 61.7 cm³/mol. The first-order valence-electron chi connectivity index (χ1n) is 4.21. The van der Waals surface area contributed by atoms with E-state index in [2.05, 4.69) is 20.9 Å². The number of hydrogen-bond acceptors (Lipinski definition) is 3. The highest BCUT2D eigenvalue weighted by atomic mass is 79.9. The Morgan fingerprint density at radius 2 is 2.14 bits per heavy atom. The first-order chi connectivity index (χ1) is 6.40. The minimum Gasteiger partial charge on any atom is -0.397 e. The fourth-order valence-corrected chi connectivity index (χ4v) is 1.40. The Morgan fingerprint density at radius 3 is 2.64 bits per heavy atom. The van der Waals surface area contributed by atoms with Gasteiger partial charge in [-0.15, -0.1) is 0 Å². The van der Waals surface area contributed by atoms with E-state index in [0.29, 0.717) is 5.69 Å². The first-order valence-corrected chi connectivity index (χ1v) is 5.00. The van der Waals surface area contributed by atoms with Gasteiger partial charge in [0.2, 0.25) is 0 Å². The summed E-state index contributed by atoms with van der Waals surface area (Å²) < 4.78 is 0.818. The number of aromatic nitrogens is 1. The van der Waals surface area contributed by atoms with Crippen LogP contribution in [0.4, 0.5) is 5.69 Å². The van der Waals surface area contributed by atoms with Crippen molar-refractivity contribution in [2.24, 2.45) is 0 Å². The van der Waals surface area contributed by atoms with Crippen LogP contribution in [0.25, 0.3) is 6.08 Å². The standard InChI is InChI=1S/C10H13BrN2O/c1-10(2,14)4-3-7-8(11)5-13-6-9(7)12/h3-6,14H,12H2,1-2H3/b4-3+. The van der Waals surface area contributed by atoms with E-state index in [1.807, 2.05) is 0 Å². The van der Waals surface area contributed by atoms with E-state index in [9.17, 15) is 5.11 Å². The molecule has 1 aromatic heterocycles. The van der Waals surface area contributed by atoms with Gasteiger partial charge in [0.1, 0.15) is 0 Å². The average Bonchev–Trinajstić information content (AvgIpc) is 2.01. The summed E-state index contributed by atoms with van der Waals surface area (Å²) in [7, 11) is 0. The molecule has 0 saturated heterocycles. The molecule has 0 aliphatic heterocycles. The molecule has 0 spiro atoms. The van der Waals surface area contributed by atoms with Crippen molar-refractivity contribution in [3.63, 3.8) is 0 Å². The molecule has 3 N–H and O–H groups in total. The van der Waals surface area contributed by atoms with E-state index in [1.165, 1.54) is 0 Å². The number of anilines is 1. The molecule has 0 radical (unpaired) electrons. The Kier molecular flexibility index (Phi) is 3.29. The molecule has 0 saturated carbocycles. The number of rotatable bonds is 2. The molecule has 0 atom stereocenters. The van der Waals surface area contributed by atoms with Crippen molar-refractivity contribution in [2.75, 3.05) is 5.73 Å². The maximum absolute atomic E-state index is 9.50. The quantitative estimate of drug-likeness (QED) is 0.853. The van der Waals surface area contributed by atoms with Crippen molar-refractivity contribution in [1.82, 2.24) is 4.98 Å². The average molecular weight is 257 g/mol. The fraction of sp³-hybridized carbons (Fsp3) is 0.300. The zero-order valence-corrected chi connectivity index (χ0v) is 9.75. The molecule has 0 aliphatic carbocycles. The molecule has 14 heavy (non-hydrogen) atoms. The van der Waals surface area contributed by atoms with Gasteiger partial charge in [-0.1, -0.05) is 12.2 Å². The second-order valence-corrected chi connectivity index (χ2v) is 4.47. The highest BCUT2D eigenvalue weighted by Crippen LogP contribution is 2.23. The van der Waals surface area contributed by atoms with Gasteiger partial charge in [-0.3, -0.25) is 4.98 Å². The summed E-state index contributed by atoms with van der Waals surface area (Å²) in [5, 5.41) is 9.50. The van der Waals surface area contributed by atoms with Crippen LogP contribution in [0.2, 0.25) is 0 Å². The Morgan fingerprint density at radius 1 is 1.50 bits per heavy atom. The lowest BCUT2D eigenvalue weighted by atomic mass is 10.1. The second-order valence-electron chi connectivity index (χ2n) is 3.61. The molecular weight excluding hydrogens is 244 g/mol. The third-order valence-electron chi connectivity index (χ3n) is 1.63. The molecule has 1 rings (SSSR count). The molecule has 0 bridgehead atoms. The molecule has 0 aliphatic rings. The number of nitrogen functional groups attached to an aromatic ring is 1. The van der Waals surface area contributed by atoms with E-state index < -0.39 is 5.60 Å². The summed E-state index contributed by atoms with van der Waals surface area (Å²) in [6.07, 6.45) is 6.71. The molecule has 0 amide bonds. The molecule has 3 nitrogen and oxygen atoms in total. The topological polar surface area (TPSA) is 59.1 Å². The normalized spacial score (nSPS) is 12.3. The van der Waals surface area contributed by atoms with Gasteiger partial charge in [-0.2, -0.15) is 0 Å². The van der Waals surface area contributed by atoms with Crippen LogP contribution in [-0.2, 0) is 0 Å². The van der Waals surface area contributed by atoms with E-state index in [0.717, 1.165) is 10.0 Å². The zero-order valence-electron chi connectivity index (χ0n) is 8.16. The van der Waals surface area contributed by atoms with Crippen molar-refractivity contribution >= 4 is 27.7 Å². The van der Waals surface area contributed by atoms with Crippen molar-refractivity contribution in [2.45, 2.75) is 19.4 Å². The van der Waals surface area contributed by atoms with E-state index in [4.69, 9.17) is 5.73 Å². The monoisotopic (exact) mass is 256 g/mol.